The number of carbonyl (C=O) groups excluding carboxylic acids is 2. The van der Waals surface area contributed by atoms with Crippen LogP contribution in [-0.4, -0.2) is 43.1 Å². The van der Waals surface area contributed by atoms with E-state index in [0.717, 1.165) is 5.56 Å². The van der Waals surface area contributed by atoms with Gasteiger partial charge in [0.1, 0.15) is 5.75 Å². The lowest BCUT2D eigenvalue weighted by Crippen LogP contribution is -2.42. The van der Waals surface area contributed by atoms with E-state index in [1.54, 1.807) is 35.2 Å². The molecule has 1 fully saturated rings. The topological polar surface area (TPSA) is 55.8 Å². The summed E-state index contributed by atoms with van der Waals surface area (Å²) < 4.78 is 10.5. The third-order valence-corrected chi connectivity index (χ3v) is 3.84. The van der Waals surface area contributed by atoms with E-state index in [1.807, 2.05) is 30.3 Å². The minimum absolute atomic E-state index is 0.102. The lowest BCUT2D eigenvalue weighted by atomic mass is 10.1. The summed E-state index contributed by atoms with van der Waals surface area (Å²) in [5.74, 6) is 0.315. The van der Waals surface area contributed by atoms with Crippen LogP contribution in [0.25, 0.3) is 6.08 Å². The van der Waals surface area contributed by atoms with Gasteiger partial charge >= 0.3 is 6.09 Å². The van der Waals surface area contributed by atoms with Gasteiger partial charge < -0.3 is 14.4 Å². The van der Waals surface area contributed by atoms with Crippen LogP contribution in [0.5, 0.6) is 5.75 Å². The first-order valence-electron chi connectivity index (χ1n) is 8.14. The van der Waals surface area contributed by atoms with Gasteiger partial charge in [0.25, 0.3) is 0 Å². The maximum Gasteiger partial charge on any atom is 0.415 e. The molecule has 0 bridgehead atoms. The van der Waals surface area contributed by atoms with E-state index in [1.165, 1.54) is 6.08 Å². The standard InChI is InChI=1S/C20H19NO4/c22-19(11-6-16-4-2-1-3-5-16)17-7-9-18(10-8-17)25-20(23)21-12-14-24-15-13-21/h1-11H,12-15H2/b11-6+. The molecule has 0 aromatic heterocycles. The van der Waals surface area contributed by atoms with Crippen LogP contribution in [0.4, 0.5) is 4.79 Å². The number of hydrogen-bond donors (Lipinski definition) is 0. The van der Waals surface area contributed by atoms with Crippen molar-refractivity contribution in [1.82, 2.24) is 4.90 Å². The highest BCUT2D eigenvalue weighted by Gasteiger charge is 2.18. The maximum atomic E-state index is 12.2. The maximum absolute atomic E-state index is 12.2. The molecule has 0 atom stereocenters. The first-order valence-corrected chi connectivity index (χ1v) is 8.14. The molecule has 1 saturated heterocycles. The Morgan fingerprint density at radius 2 is 1.64 bits per heavy atom. The fourth-order valence-electron chi connectivity index (χ4n) is 2.43. The van der Waals surface area contributed by atoms with Crippen molar-refractivity contribution < 1.29 is 19.1 Å². The molecule has 0 unspecified atom stereocenters. The molecule has 0 spiro atoms. The van der Waals surface area contributed by atoms with Gasteiger partial charge in [0, 0.05) is 18.7 Å². The van der Waals surface area contributed by atoms with E-state index in [9.17, 15) is 9.59 Å². The van der Waals surface area contributed by atoms with Crippen LogP contribution in [0.15, 0.2) is 60.7 Å². The Hall–Kier alpha value is -2.92. The fraction of sp³-hybridized carbons (Fsp3) is 0.200. The van der Waals surface area contributed by atoms with Gasteiger partial charge in [-0.05, 0) is 35.9 Å². The summed E-state index contributed by atoms with van der Waals surface area (Å²) in [5.41, 5.74) is 1.50. The summed E-state index contributed by atoms with van der Waals surface area (Å²) in [6.45, 7) is 2.10. The molecule has 1 aliphatic rings. The second-order valence-electron chi connectivity index (χ2n) is 5.60. The third-order valence-electron chi connectivity index (χ3n) is 3.84. The van der Waals surface area contributed by atoms with Crippen LogP contribution >= 0.6 is 0 Å². The SMILES string of the molecule is O=C(/C=C/c1ccccc1)c1ccc(OC(=O)N2CCOCC2)cc1. The Kier molecular flexibility index (Phi) is 5.59. The van der Waals surface area contributed by atoms with E-state index >= 15 is 0 Å². The van der Waals surface area contributed by atoms with Crippen molar-refractivity contribution in [3.8, 4) is 5.75 Å². The summed E-state index contributed by atoms with van der Waals surface area (Å²) in [7, 11) is 0. The molecule has 128 valence electrons. The Labute approximate surface area is 146 Å². The second-order valence-corrected chi connectivity index (χ2v) is 5.60. The molecule has 0 aliphatic carbocycles. The normalized spacial score (nSPS) is 14.5. The molecule has 5 heteroatoms. The lowest BCUT2D eigenvalue weighted by Gasteiger charge is -2.25. The number of carbonyl (C=O) groups is 2. The average Bonchev–Trinajstić information content (AvgIpc) is 2.68. The molecule has 1 aliphatic heterocycles. The minimum Gasteiger partial charge on any atom is -0.410 e. The highest BCUT2D eigenvalue weighted by Crippen LogP contribution is 2.15. The fourth-order valence-corrected chi connectivity index (χ4v) is 2.43. The highest BCUT2D eigenvalue weighted by atomic mass is 16.6. The number of amides is 1. The van der Waals surface area contributed by atoms with Gasteiger partial charge in [-0.25, -0.2) is 4.79 Å². The van der Waals surface area contributed by atoms with Gasteiger partial charge in [-0.3, -0.25) is 4.79 Å². The van der Waals surface area contributed by atoms with Crippen molar-refractivity contribution in [2.45, 2.75) is 0 Å². The summed E-state index contributed by atoms with van der Waals surface area (Å²) in [6, 6.07) is 16.2. The number of ketones is 1. The Morgan fingerprint density at radius 1 is 0.960 bits per heavy atom. The van der Waals surface area contributed by atoms with Gasteiger partial charge in [-0.15, -0.1) is 0 Å². The predicted octanol–water partition coefficient (Wildman–Crippen LogP) is 3.41. The van der Waals surface area contributed by atoms with E-state index in [0.29, 0.717) is 37.6 Å². The molecule has 5 nitrogen and oxygen atoms in total. The van der Waals surface area contributed by atoms with Crippen LogP contribution in [0.3, 0.4) is 0 Å². The number of hydrogen-bond acceptors (Lipinski definition) is 4. The largest absolute Gasteiger partial charge is 0.415 e. The third kappa shape index (κ3) is 4.78. The zero-order valence-corrected chi connectivity index (χ0v) is 13.8. The summed E-state index contributed by atoms with van der Waals surface area (Å²) in [4.78, 5) is 25.8. The van der Waals surface area contributed by atoms with Gasteiger partial charge in [0.2, 0.25) is 0 Å². The van der Waals surface area contributed by atoms with Crippen molar-refractivity contribution in [1.29, 1.82) is 0 Å². The summed E-state index contributed by atoms with van der Waals surface area (Å²) >= 11 is 0. The molecule has 2 aromatic rings. The van der Waals surface area contributed by atoms with Gasteiger partial charge in [-0.1, -0.05) is 36.4 Å². The quantitative estimate of drug-likeness (QED) is 0.634. The van der Waals surface area contributed by atoms with Gasteiger partial charge in [0.15, 0.2) is 5.78 Å². The minimum atomic E-state index is -0.397. The molecule has 1 heterocycles. The zero-order valence-electron chi connectivity index (χ0n) is 13.8. The van der Waals surface area contributed by atoms with Crippen molar-refractivity contribution in [2.24, 2.45) is 0 Å². The van der Waals surface area contributed by atoms with E-state index < -0.39 is 6.09 Å². The highest BCUT2D eigenvalue weighted by molar-refractivity contribution is 6.06. The number of benzene rings is 2. The van der Waals surface area contributed by atoms with Crippen molar-refractivity contribution >= 4 is 18.0 Å². The van der Waals surface area contributed by atoms with Crippen molar-refractivity contribution in [2.75, 3.05) is 26.3 Å². The molecule has 2 aromatic carbocycles. The van der Waals surface area contributed by atoms with Gasteiger partial charge in [-0.2, -0.15) is 0 Å². The number of ether oxygens (including phenoxy) is 2. The average molecular weight is 337 g/mol. The first-order chi connectivity index (χ1) is 12.2. The zero-order chi connectivity index (χ0) is 17.5. The van der Waals surface area contributed by atoms with Crippen LogP contribution in [-0.2, 0) is 4.74 Å². The molecule has 0 saturated carbocycles. The number of nitrogens with zero attached hydrogens (tertiary/aromatic N) is 1. The molecular formula is C20H19NO4. The molecule has 0 N–H and O–H groups in total. The van der Waals surface area contributed by atoms with Gasteiger partial charge in [0.05, 0.1) is 13.2 Å². The Balaban J connectivity index is 1.58. The summed E-state index contributed by atoms with van der Waals surface area (Å²) in [5, 5.41) is 0. The lowest BCUT2D eigenvalue weighted by molar-refractivity contribution is 0.0416. The van der Waals surface area contributed by atoms with Crippen LogP contribution in [0, 0.1) is 0 Å². The van der Waals surface area contributed by atoms with Crippen molar-refractivity contribution in [3.63, 3.8) is 0 Å². The smallest absolute Gasteiger partial charge is 0.410 e. The van der Waals surface area contributed by atoms with E-state index in [-0.39, 0.29) is 5.78 Å². The molecule has 25 heavy (non-hydrogen) atoms. The Morgan fingerprint density at radius 3 is 2.32 bits per heavy atom. The number of rotatable bonds is 4. The van der Waals surface area contributed by atoms with Crippen LogP contribution < -0.4 is 4.74 Å². The Bertz CT molecular complexity index is 747. The van der Waals surface area contributed by atoms with Crippen molar-refractivity contribution in [3.05, 3.63) is 71.8 Å². The van der Waals surface area contributed by atoms with E-state index in [4.69, 9.17) is 9.47 Å². The molecular weight excluding hydrogens is 318 g/mol. The second kappa shape index (κ2) is 8.26. The summed E-state index contributed by atoms with van der Waals surface area (Å²) in [6.07, 6.45) is 2.91. The first kappa shape index (κ1) is 16.9. The monoisotopic (exact) mass is 337 g/mol. The predicted molar refractivity (Wildman–Crippen MR) is 94.7 cm³/mol. The number of morpholine rings is 1. The van der Waals surface area contributed by atoms with Crippen LogP contribution in [0.2, 0.25) is 0 Å². The molecule has 1 amide bonds. The molecule has 0 radical (unpaired) electrons. The molecule has 3 rings (SSSR count). The van der Waals surface area contributed by atoms with E-state index in [2.05, 4.69) is 0 Å². The number of allylic oxidation sites excluding steroid dienone is 1. The van der Waals surface area contributed by atoms with Crippen LogP contribution in [0.1, 0.15) is 15.9 Å².